The fraction of sp³-hybridized carbons (Fsp3) is 0.600. The van der Waals surface area contributed by atoms with Crippen molar-refractivity contribution in [3.63, 3.8) is 0 Å². The molecule has 0 aromatic carbocycles. The molecule has 2 N–H and O–H groups in total. The van der Waals surface area contributed by atoms with E-state index in [4.69, 9.17) is 20.2 Å². The van der Waals surface area contributed by atoms with Crippen LogP contribution < -0.4 is 0 Å². The highest BCUT2D eigenvalue weighted by Gasteiger charge is 2.08. The number of nitrogens with zero attached hydrogens (tertiary/aromatic N) is 2. The van der Waals surface area contributed by atoms with Gasteiger partial charge in [-0.2, -0.15) is 5.26 Å². The summed E-state index contributed by atoms with van der Waals surface area (Å²) in [4.78, 5) is 13.3. The molecule has 6 nitrogen and oxygen atoms in total. The van der Waals surface area contributed by atoms with Crippen LogP contribution >= 0.6 is 0 Å². The molecular formula is C15H24N2O4. The first kappa shape index (κ1) is 19.2. The molecule has 0 spiro atoms. The average molecular weight is 296 g/mol. The summed E-state index contributed by atoms with van der Waals surface area (Å²) in [7, 11) is 0. The van der Waals surface area contributed by atoms with E-state index >= 15 is 0 Å². The second-order valence-electron chi connectivity index (χ2n) is 4.36. The first-order valence-corrected chi connectivity index (χ1v) is 7.11. The van der Waals surface area contributed by atoms with Gasteiger partial charge in [-0.05, 0) is 24.8 Å². The number of allylic oxidation sites excluding steroid dienone is 2. The normalized spacial score (nSPS) is 11.4. The Bertz CT molecular complexity index is 380. The minimum absolute atomic E-state index is 0.0430. The second-order valence-corrected chi connectivity index (χ2v) is 4.36. The molecule has 0 radical (unpaired) electrons. The van der Waals surface area contributed by atoms with Crippen molar-refractivity contribution in [3.8, 4) is 6.07 Å². The van der Waals surface area contributed by atoms with Crippen molar-refractivity contribution in [3.05, 3.63) is 23.9 Å². The monoisotopic (exact) mass is 296 g/mol. The molecule has 6 heteroatoms. The number of hydrogen-bond donors (Lipinski definition) is 2. The predicted octanol–water partition coefficient (Wildman–Crippen LogP) is 0.970. The van der Waals surface area contributed by atoms with Gasteiger partial charge in [0.25, 0.3) is 0 Å². The predicted molar refractivity (Wildman–Crippen MR) is 79.1 cm³/mol. The van der Waals surface area contributed by atoms with E-state index in [9.17, 15) is 4.79 Å². The maximum atomic E-state index is 11.6. The fourth-order valence-corrected chi connectivity index (χ4v) is 1.52. The lowest BCUT2D eigenvalue weighted by Gasteiger charge is -2.16. The molecule has 0 amide bonds. The third kappa shape index (κ3) is 9.66. The Morgan fingerprint density at radius 1 is 1.29 bits per heavy atom. The van der Waals surface area contributed by atoms with Gasteiger partial charge < -0.3 is 19.8 Å². The number of ether oxygens (including phenoxy) is 1. The van der Waals surface area contributed by atoms with E-state index in [-0.39, 0.29) is 18.8 Å². The van der Waals surface area contributed by atoms with Crippen LogP contribution in [0.2, 0.25) is 0 Å². The minimum atomic E-state index is -0.630. The van der Waals surface area contributed by atoms with E-state index in [0.717, 1.165) is 19.3 Å². The van der Waals surface area contributed by atoms with Gasteiger partial charge >= 0.3 is 5.97 Å². The lowest BCUT2D eigenvalue weighted by molar-refractivity contribution is -0.138. The first-order chi connectivity index (χ1) is 10.2. The zero-order valence-corrected chi connectivity index (χ0v) is 12.5. The van der Waals surface area contributed by atoms with Crippen LogP contribution in [0.3, 0.4) is 0 Å². The maximum absolute atomic E-state index is 11.6. The Labute approximate surface area is 125 Å². The van der Waals surface area contributed by atoms with Crippen LogP contribution in [0.4, 0.5) is 0 Å². The van der Waals surface area contributed by atoms with E-state index in [1.165, 1.54) is 12.2 Å². The van der Waals surface area contributed by atoms with Gasteiger partial charge in [0.15, 0.2) is 0 Å². The average Bonchev–Trinajstić information content (AvgIpc) is 2.48. The smallest absolute Gasteiger partial charge is 0.348 e. The summed E-state index contributed by atoms with van der Waals surface area (Å²) in [5.41, 5.74) is -0.0734. The minimum Gasteiger partial charge on any atom is -0.462 e. The highest BCUT2D eigenvalue weighted by atomic mass is 16.5. The van der Waals surface area contributed by atoms with Gasteiger partial charge in [-0.1, -0.05) is 19.8 Å². The van der Waals surface area contributed by atoms with Crippen molar-refractivity contribution in [1.82, 2.24) is 4.90 Å². The van der Waals surface area contributed by atoms with Crippen LogP contribution in [0.25, 0.3) is 0 Å². The van der Waals surface area contributed by atoms with Crippen LogP contribution in [0.15, 0.2) is 23.9 Å². The second kappa shape index (κ2) is 13.2. The molecule has 0 atom stereocenters. The van der Waals surface area contributed by atoms with Gasteiger partial charge in [-0.25, -0.2) is 4.79 Å². The highest BCUT2D eigenvalue weighted by Crippen LogP contribution is 2.01. The van der Waals surface area contributed by atoms with Crippen molar-refractivity contribution >= 4 is 5.97 Å². The Hall–Kier alpha value is -1.84. The Morgan fingerprint density at radius 2 is 1.95 bits per heavy atom. The number of carbonyl (C=O) groups is 1. The summed E-state index contributed by atoms with van der Waals surface area (Å²) < 4.78 is 4.99. The van der Waals surface area contributed by atoms with E-state index < -0.39 is 5.97 Å². The van der Waals surface area contributed by atoms with E-state index in [1.54, 1.807) is 17.2 Å². The van der Waals surface area contributed by atoms with Crippen molar-refractivity contribution in [1.29, 1.82) is 5.26 Å². The van der Waals surface area contributed by atoms with Gasteiger partial charge in [0.05, 0.1) is 19.8 Å². The number of carbonyl (C=O) groups excluding carboxylic acids is 1. The standard InChI is InChI=1S/C15H24N2O4/c1-2-3-4-12-21-15(20)14(13-16)6-5-7-17(8-10-18)9-11-19/h5-7,18-19H,2-4,8-12H2,1H3. The number of unbranched alkanes of at least 4 members (excludes halogenated alkanes) is 2. The Balaban J connectivity index is 4.42. The van der Waals surface area contributed by atoms with Crippen LogP contribution in [-0.2, 0) is 9.53 Å². The van der Waals surface area contributed by atoms with Gasteiger partial charge in [0.2, 0.25) is 0 Å². The number of esters is 1. The summed E-state index contributed by atoms with van der Waals surface area (Å²) in [6.07, 6.45) is 7.30. The van der Waals surface area contributed by atoms with Gasteiger partial charge in [0.1, 0.15) is 11.6 Å². The maximum Gasteiger partial charge on any atom is 0.348 e. The molecule has 21 heavy (non-hydrogen) atoms. The number of rotatable bonds is 11. The molecule has 0 aromatic heterocycles. The summed E-state index contributed by atoms with van der Waals surface area (Å²) in [6, 6.07) is 1.80. The van der Waals surface area contributed by atoms with Crippen LogP contribution in [0.1, 0.15) is 26.2 Å². The van der Waals surface area contributed by atoms with E-state index in [1.807, 2.05) is 0 Å². The zero-order valence-electron chi connectivity index (χ0n) is 12.5. The first-order valence-electron chi connectivity index (χ1n) is 7.11. The molecule has 0 aromatic rings. The van der Waals surface area contributed by atoms with Crippen molar-refractivity contribution < 1.29 is 19.7 Å². The van der Waals surface area contributed by atoms with Crippen LogP contribution in [0.5, 0.6) is 0 Å². The van der Waals surface area contributed by atoms with Gasteiger partial charge in [-0.15, -0.1) is 0 Å². The van der Waals surface area contributed by atoms with Crippen LogP contribution in [-0.4, -0.2) is 54.0 Å². The molecule has 0 heterocycles. The summed E-state index contributed by atoms with van der Waals surface area (Å²) in [5.74, 6) is -0.630. The van der Waals surface area contributed by atoms with Crippen molar-refractivity contribution in [2.45, 2.75) is 26.2 Å². The van der Waals surface area contributed by atoms with E-state index in [2.05, 4.69) is 6.92 Å². The molecule has 0 aliphatic carbocycles. The molecule has 0 unspecified atom stereocenters. The molecule has 0 saturated heterocycles. The number of aliphatic hydroxyl groups excluding tert-OH is 2. The van der Waals surface area contributed by atoms with Gasteiger partial charge in [-0.3, -0.25) is 0 Å². The molecule has 0 rings (SSSR count). The largest absolute Gasteiger partial charge is 0.462 e. The molecular weight excluding hydrogens is 272 g/mol. The molecule has 118 valence electrons. The lowest BCUT2D eigenvalue weighted by Crippen LogP contribution is -2.24. The van der Waals surface area contributed by atoms with E-state index in [0.29, 0.717) is 19.7 Å². The zero-order chi connectivity index (χ0) is 15.9. The van der Waals surface area contributed by atoms with Gasteiger partial charge in [0, 0.05) is 13.1 Å². The fourth-order valence-electron chi connectivity index (χ4n) is 1.52. The third-order valence-corrected chi connectivity index (χ3v) is 2.66. The lowest BCUT2D eigenvalue weighted by atomic mass is 10.2. The number of hydrogen-bond acceptors (Lipinski definition) is 6. The number of nitriles is 1. The molecule has 0 aliphatic heterocycles. The SMILES string of the molecule is CCCCCOC(=O)C(C#N)=CC=CN(CCO)CCO. The molecule has 0 bridgehead atoms. The highest BCUT2D eigenvalue weighted by molar-refractivity contribution is 5.93. The molecule has 0 fully saturated rings. The summed E-state index contributed by atoms with van der Waals surface area (Å²) >= 11 is 0. The Kier molecular flexibility index (Phi) is 12.0. The van der Waals surface area contributed by atoms with Crippen LogP contribution in [0, 0.1) is 11.3 Å². The topological polar surface area (TPSA) is 93.8 Å². The summed E-state index contributed by atoms with van der Waals surface area (Å²) in [6.45, 7) is 3.02. The van der Waals surface area contributed by atoms with Crippen molar-refractivity contribution in [2.24, 2.45) is 0 Å². The Morgan fingerprint density at radius 3 is 2.48 bits per heavy atom. The number of aliphatic hydroxyl groups is 2. The molecule has 0 aliphatic rings. The molecule has 0 saturated carbocycles. The summed E-state index contributed by atoms with van der Waals surface area (Å²) in [5, 5.41) is 26.6. The third-order valence-electron chi connectivity index (χ3n) is 2.66. The quantitative estimate of drug-likeness (QED) is 0.194. The van der Waals surface area contributed by atoms with Crippen molar-refractivity contribution in [2.75, 3.05) is 32.9 Å².